The zero-order valence-corrected chi connectivity index (χ0v) is 34.9. The smallest absolute Gasteiger partial charge is 0.238 e. The molecule has 1 aliphatic heterocycles. The maximum absolute atomic E-state index is 5.39. The molecule has 0 aliphatic carbocycles. The van der Waals surface area contributed by atoms with Crippen LogP contribution in [0.25, 0.3) is 83.6 Å². The average molecular weight is 808 g/mol. The zero-order chi connectivity index (χ0) is 42.1. The first-order valence-corrected chi connectivity index (χ1v) is 21.5. The molecule has 0 atom stereocenters. The van der Waals surface area contributed by atoms with Crippen molar-refractivity contribution in [1.82, 2.24) is 19.5 Å². The first-order chi connectivity index (χ1) is 31.0. The molecule has 12 rings (SSSR count). The summed E-state index contributed by atoms with van der Waals surface area (Å²) in [6.07, 6.45) is 0. The average Bonchev–Trinajstić information content (AvgIpc) is 3.70. The van der Waals surface area contributed by atoms with Crippen LogP contribution in [0.4, 0.5) is 17.1 Å². The van der Waals surface area contributed by atoms with Crippen LogP contribution in [0.5, 0.6) is 0 Å². The van der Waals surface area contributed by atoms with Crippen molar-refractivity contribution in [2.24, 2.45) is 0 Å². The Hall–Kier alpha value is -8.15. The minimum Gasteiger partial charge on any atom is -0.310 e. The molecule has 0 unspecified atom stereocenters. The topological polar surface area (TPSA) is 46.8 Å². The van der Waals surface area contributed by atoms with Gasteiger partial charge in [0.05, 0.1) is 22.4 Å². The third kappa shape index (κ3) is 5.96. The number of aromatic nitrogens is 4. The van der Waals surface area contributed by atoms with Gasteiger partial charge in [0, 0.05) is 38.6 Å². The van der Waals surface area contributed by atoms with Gasteiger partial charge in [0.15, 0.2) is 11.6 Å². The maximum Gasteiger partial charge on any atom is 0.238 e. The molecule has 1 aliphatic rings. The van der Waals surface area contributed by atoms with E-state index in [1.807, 2.05) is 24.3 Å². The molecular weight excluding hydrogens is 767 g/mol. The summed E-state index contributed by atoms with van der Waals surface area (Å²) in [7, 11) is 0. The predicted octanol–water partition coefficient (Wildman–Crippen LogP) is 14.9. The second-order valence-electron chi connectivity index (χ2n) is 16.9. The van der Waals surface area contributed by atoms with Crippen LogP contribution in [0.2, 0.25) is 0 Å². The molecule has 0 spiro atoms. The number of rotatable bonds is 6. The van der Waals surface area contributed by atoms with Crippen LogP contribution in [0.15, 0.2) is 212 Å². The lowest BCUT2D eigenvalue weighted by molar-refractivity contribution is 0.632. The van der Waals surface area contributed by atoms with Crippen molar-refractivity contribution in [1.29, 1.82) is 0 Å². The molecule has 0 saturated carbocycles. The Morgan fingerprint density at radius 3 is 1.75 bits per heavy atom. The summed E-state index contributed by atoms with van der Waals surface area (Å²) >= 11 is 0. The summed E-state index contributed by atoms with van der Waals surface area (Å²) in [5.41, 5.74) is 14.3. The van der Waals surface area contributed by atoms with Crippen LogP contribution < -0.4 is 4.90 Å². The minimum absolute atomic E-state index is 0.270. The lowest BCUT2D eigenvalue weighted by atomic mass is 9.73. The largest absolute Gasteiger partial charge is 0.310 e. The highest BCUT2D eigenvalue weighted by molar-refractivity contribution is 6.23. The Morgan fingerprint density at radius 2 is 0.984 bits per heavy atom. The standard InChI is InChI=1S/C58H41N5/c1-58(2)48-27-14-15-28-50(48)62(44-22-10-5-11-23-44)51-35-34-43(37-49(51)58)46-25-16-26-47-53-45-24-13-12-19-40(45)33-36-52(53)63(54(46)47)57-60-55(41-20-8-4-9-21-41)59-56(61-57)42-31-29-39(30-32-42)38-17-6-3-7-18-38/h3-37H,1-2H3. The van der Waals surface area contributed by atoms with Crippen molar-refractivity contribution in [2.75, 3.05) is 4.90 Å². The van der Waals surface area contributed by atoms with Crippen LogP contribution in [0.1, 0.15) is 25.0 Å². The summed E-state index contributed by atoms with van der Waals surface area (Å²) < 4.78 is 2.28. The summed E-state index contributed by atoms with van der Waals surface area (Å²) in [5.74, 6) is 1.80. The monoisotopic (exact) mass is 807 g/mol. The van der Waals surface area contributed by atoms with Gasteiger partial charge in [-0.25, -0.2) is 4.98 Å². The van der Waals surface area contributed by atoms with E-state index in [0.717, 1.165) is 55.5 Å². The Bertz CT molecular complexity index is 3520. The van der Waals surface area contributed by atoms with Gasteiger partial charge in [0.2, 0.25) is 5.95 Å². The molecule has 3 heterocycles. The second-order valence-corrected chi connectivity index (χ2v) is 16.9. The molecule has 11 aromatic rings. The van der Waals surface area contributed by atoms with E-state index in [1.165, 1.54) is 38.7 Å². The van der Waals surface area contributed by atoms with Gasteiger partial charge in [0.25, 0.3) is 0 Å². The first kappa shape index (κ1) is 36.7. The van der Waals surface area contributed by atoms with Gasteiger partial charge in [-0.3, -0.25) is 4.57 Å². The van der Waals surface area contributed by atoms with Crippen molar-refractivity contribution >= 4 is 49.6 Å². The molecule has 5 heteroatoms. The normalized spacial score (nSPS) is 13.0. The van der Waals surface area contributed by atoms with Crippen LogP contribution in [-0.4, -0.2) is 19.5 Å². The number of anilines is 3. The lowest BCUT2D eigenvalue weighted by Gasteiger charge is -2.42. The summed E-state index contributed by atoms with van der Waals surface area (Å²) in [6, 6.07) is 75.6. The molecule has 0 N–H and O–H groups in total. The Balaban J connectivity index is 1.12. The molecule has 0 amide bonds. The molecule has 5 nitrogen and oxygen atoms in total. The lowest BCUT2D eigenvalue weighted by Crippen LogP contribution is -2.30. The van der Waals surface area contributed by atoms with E-state index < -0.39 is 0 Å². The van der Waals surface area contributed by atoms with Crippen LogP contribution >= 0.6 is 0 Å². The van der Waals surface area contributed by atoms with Gasteiger partial charge < -0.3 is 4.90 Å². The van der Waals surface area contributed by atoms with E-state index in [0.29, 0.717) is 17.6 Å². The van der Waals surface area contributed by atoms with E-state index in [9.17, 15) is 0 Å². The zero-order valence-electron chi connectivity index (χ0n) is 34.9. The Morgan fingerprint density at radius 1 is 0.413 bits per heavy atom. The molecule has 0 fully saturated rings. The van der Waals surface area contributed by atoms with Gasteiger partial charge in [-0.2, -0.15) is 9.97 Å². The molecule has 63 heavy (non-hydrogen) atoms. The van der Waals surface area contributed by atoms with Gasteiger partial charge in [0.1, 0.15) is 0 Å². The van der Waals surface area contributed by atoms with E-state index in [-0.39, 0.29) is 5.41 Å². The molecular formula is C58H41N5. The number of para-hydroxylation sites is 3. The number of hydrogen-bond donors (Lipinski definition) is 0. The highest BCUT2D eigenvalue weighted by atomic mass is 15.2. The number of nitrogens with zero attached hydrogens (tertiary/aromatic N) is 5. The quantitative estimate of drug-likeness (QED) is 0.168. The van der Waals surface area contributed by atoms with Gasteiger partial charge >= 0.3 is 0 Å². The van der Waals surface area contributed by atoms with E-state index >= 15 is 0 Å². The van der Waals surface area contributed by atoms with Crippen molar-refractivity contribution in [3.8, 4) is 51.0 Å². The van der Waals surface area contributed by atoms with Crippen molar-refractivity contribution in [3.63, 3.8) is 0 Å². The molecule has 2 aromatic heterocycles. The van der Waals surface area contributed by atoms with E-state index in [1.54, 1.807) is 0 Å². The van der Waals surface area contributed by atoms with E-state index in [2.05, 4.69) is 211 Å². The fourth-order valence-electron chi connectivity index (χ4n) is 9.76. The number of benzene rings is 9. The SMILES string of the molecule is CC1(C)c2ccccc2N(c2ccccc2)c2ccc(-c3cccc4c5c6ccccc6ccc5n(-c5nc(-c6ccccc6)nc(-c6ccc(-c7ccccc7)cc6)n5)c34)cc21. The van der Waals surface area contributed by atoms with Gasteiger partial charge in [-0.05, 0) is 75.0 Å². The Kier molecular flexibility index (Phi) is 8.44. The molecule has 0 radical (unpaired) electrons. The Labute approximate surface area is 366 Å². The number of fused-ring (bicyclic) bond motifs is 7. The van der Waals surface area contributed by atoms with Crippen molar-refractivity contribution in [2.45, 2.75) is 19.3 Å². The third-order valence-corrected chi connectivity index (χ3v) is 12.8. The second kappa shape index (κ2) is 14.5. The maximum atomic E-state index is 5.39. The first-order valence-electron chi connectivity index (χ1n) is 21.5. The van der Waals surface area contributed by atoms with Crippen LogP contribution in [-0.2, 0) is 5.41 Å². The van der Waals surface area contributed by atoms with Crippen molar-refractivity contribution < 1.29 is 0 Å². The fourth-order valence-corrected chi connectivity index (χ4v) is 9.76. The molecule has 0 bridgehead atoms. The molecule has 9 aromatic carbocycles. The highest BCUT2D eigenvalue weighted by Gasteiger charge is 2.37. The minimum atomic E-state index is -0.270. The highest BCUT2D eigenvalue weighted by Crippen LogP contribution is 2.53. The van der Waals surface area contributed by atoms with Crippen LogP contribution in [0.3, 0.4) is 0 Å². The summed E-state index contributed by atoms with van der Waals surface area (Å²) in [6.45, 7) is 4.70. The molecule has 298 valence electrons. The predicted molar refractivity (Wildman–Crippen MR) is 260 cm³/mol. The summed E-state index contributed by atoms with van der Waals surface area (Å²) in [5, 5.41) is 4.68. The number of hydrogen-bond acceptors (Lipinski definition) is 4. The van der Waals surface area contributed by atoms with Crippen molar-refractivity contribution in [3.05, 3.63) is 223 Å². The summed E-state index contributed by atoms with van der Waals surface area (Å²) in [4.78, 5) is 18.3. The van der Waals surface area contributed by atoms with Crippen LogP contribution in [0, 0.1) is 0 Å². The van der Waals surface area contributed by atoms with E-state index in [4.69, 9.17) is 15.0 Å². The van der Waals surface area contributed by atoms with Gasteiger partial charge in [-0.15, -0.1) is 0 Å². The van der Waals surface area contributed by atoms with Gasteiger partial charge in [-0.1, -0.05) is 190 Å². The third-order valence-electron chi connectivity index (χ3n) is 12.8. The fraction of sp³-hybridized carbons (Fsp3) is 0.0517. The molecule has 0 saturated heterocycles.